The third-order valence-corrected chi connectivity index (χ3v) is 2.04. The summed E-state index contributed by atoms with van der Waals surface area (Å²) in [6, 6.07) is 0. The molecule has 0 unspecified atom stereocenters. The second-order valence-electron chi connectivity index (χ2n) is 2.01. The largest absolute Gasteiger partial charge is 0.503 e. The Hall–Kier alpha value is -0.340. The minimum absolute atomic E-state index is 0.266. The van der Waals surface area contributed by atoms with Crippen molar-refractivity contribution < 1.29 is 10.2 Å². The fourth-order valence-electron chi connectivity index (χ4n) is 0.713. The first kappa shape index (κ1) is 7.76. The molecule has 2 nitrogen and oxygen atoms in total. The van der Waals surface area contributed by atoms with Crippen molar-refractivity contribution in [2.24, 2.45) is 0 Å². The van der Waals surface area contributed by atoms with Gasteiger partial charge < -0.3 is 10.2 Å². The Morgan fingerprint density at radius 3 is 1.50 bits per heavy atom. The van der Waals surface area contributed by atoms with Crippen molar-refractivity contribution in [1.82, 2.24) is 0 Å². The van der Waals surface area contributed by atoms with Crippen LogP contribution in [0.4, 0.5) is 0 Å². The molecule has 56 valence electrons. The molecule has 0 amide bonds. The van der Waals surface area contributed by atoms with Gasteiger partial charge in [0.1, 0.15) is 0 Å². The first-order valence-electron chi connectivity index (χ1n) is 2.78. The average molecular weight is 181 g/mol. The zero-order chi connectivity index (χ0) is 7.72. The van der Waals surface area contributed by atoms with Crippen molar-refractivity contribution in [1.29, 1.82) is 0 Å². The summed E-state index contributed by atoms with van der Waals surface area (Å²) in [7, 11) is 0. The summed E-state index contributed by atoms with van der Waals surface area (Å²) in [5.74, 6) is -0.587. The van der Waals surface area contributed by atoms with Crippen LogP contribution in [0, 0.1) is 0 Å². The Labute approximate surface area is 68.4 Å². The van der Waals surface area contributed by atoms with Crippen LogP contribution in [-0.4, -0.2) is 10.2 Å². The van der Waals surface area contributed by atoms with E-state index in [1.165, 1.54) is 0 Å². The normalized spacial score (nSPS) is 20.2. The van der Waals surface area contributed by atoms with Crippen molar-refractivity contribution in [3.05, 3.63) is 21.6 Å². The van der Waals surface area contributed by atoms with Gasteiger partial charge in [-0.2, -0.15) is 0 Å². The zero-order valence-corrected chi connectivity index (χ0v) is 6.58. The molecule has 0 heterocycles. The molecule has 1 aliphatic rings. The van der Waals surface area contributed by atoms with Gasteiger partial charge >= 0.3 is 0 Å². The van der Waals surface area contributed by atoms with Crippen molar-refractivity contribution >= 4 is 23.2 Å². The smallest absolute Gasteiger partial charge is 0.173 e. The van der Waals surface area contributed by atoms with E-state index >= 15 is 0 Å². The maximum atomic E-state index is 8.97. The maximum Gasteiger partial charge on any atom is 0.173 e. The van der Waals surface area contributed by atoms with E-state index in [-0.39, 0.29) is 21.6 Å². The number of aliphatic hydroxyl groups is 2. The molecule has 0 spiro atoms. The van der Waals surface area contributed by atoms with Crippen LogP contribution in [0.2, 0.25) is 0 Å². The third kappa shape index (κ3) is 1.22. The van der Waals surface area contributed by atoms with E-state index in [1.54, 1.807) is 0 Å². The molecule has 1 rings (SSSR count). The first-order valence-corrected chi connectivity index (χ1v) is 3.54. The van der Waals surface area contributed by atoms with Crippen LogP contribution >= 0.6 is 23.2 Å². The number of halogens is 2. The monoisotopic (exact) mass is 180 g/mol. The molecule has 10 heavy (non-hydrogen) atoms. The summed E-state index contributed by atoms with van der Waals surface area (Å²) < 4.78 is 0. The van der Waals surface area contributed by atoms with Crippen LogP contribution in [-0.2, 0) is 0 Å². The second-order valence-corrected chi connectivity index (χ2v) is 2.92. The summed E-state index contributed by atoms with van der Waals surface area (Å²) >= 11 is 11.0. The molecule has 0 radical (unpaired) electrons. The lowest BCUT2D eigenvalue weighted by atomic mass is 10.1. The van der Waals surface area contributed by atoms with Crippen LogP contribution in [0.15, 0.2) is 21.6 Å². The van der Waals surface area contributed by atoms with E-state index in [0.29, 0.717) is 12.8 Å². The number of hydrogen-bond acceptors (Lipinski definition) is 2. The van der Waals surface area contributed by atoms with Crippen LogP contribution in [0.1, 0.15) is 12.8 Å². The Bertz CT molecular complexity index is 194. The molecule has 0 saturated heterocycles. The summed E-state index contributed by atoms with van der Waals surface area (Å²) in [6.07, 6.45) is 0.993. The number of rotatable bonds is 0. The lowest BCUT2D eigenvalue weighted by Gasteiger charge is -2.10. The second kappa shape index (κ2) is 2.72. The standard InChI is InChI=1S/C6H6Cl2O2/c7-3-1-2-4(8)6(10)5(3)9/h9-10H,1-2H2. The van der Waals surface area contributed by atoms with Gasteiger partial charge in [-0.3, -0.25) is 0 Å². The lowest BCUT2D eigenvalue weighted by Crippen LogP contribution is -1.99. The van der Waals surface area contributed by atoms with E-state index in [2.05, 4.69) is 0 Å². The third-order valence-electron chi connectivity index (χ3n) is 1.30. The highest BCUT2D eigenvalue weighted by molar-refractivity contribution is 6.32. The van der Waals surface area contributed by atoms with Crippen LogP contribution < -0.4 is 0 Å². The molecule has 0 aliphatic heterocycles. The summed E-state index contributed by atoms with van der Waals surface area (Å²) in [5, 5.41) is 18.5. The molecule has 4 heteroatoms. The van der Waals surface area contributed by atoms with E-state index in [1.807, 2.05) is 0 Å². The number of hydrogen-bond donors (Lipinski definition) is 2. The molecule has 0 atom stereocenters. The minimum atomic E-state index is -0.294. The molecular weight excluding hydrogens is 175 g/mol. The summed E-state index contributed by atoms with van der Waals surface area (Å²) in [4.78, 5) is 0. The van der Waals surface area contributed by atoms with Crippen LogP contribution in [0.3, 0.4) is 0 Å². The van der Waals surface area contributed by atoms with Crippen LogP contribution in [0.25, 0.3) is 0 Å². The highest BCUT2D eigenvalue weighted by Crippen LogP contribution is 2.31. The Morgan fingerprint density at radius 2 is 1.20 bits per heavy atom. The van der Waals surface area contributed by atoms with Gasteiger partial charge in [0.05, 0.1) is 10.1 Å². The van der Waals surface area contributed by atoms with E-state index < -0.39 is 0 Å². The molecule has 0 aromatic rings. The van der Waals surface area contributed by atoms with Crippen molar-refractivity contribution in [2.45, 2.75) is 12.8 Å². The van der Waals surface area contributed by atoms with E-state index in [9.17, 15) is 0 Å². The Balaban J connectivity index is 3.01. The van der Waals surface area contributed by atoms with Crippen molar-refractivity contribution in [3.8, 4) is 0 Å². The van der Waals surface area contributed by atoms with Gasteiger partial charge in [0.2, 0.25) is 0 Å². The predicted octanol–water partition coefficient (Wildman–Crippen LogP) is 2.80. The number of allylic oxidation sites excluding steroid dienone is 2. The van der Waals surface area contributed by atoms with Crippen molar-refractivity contribution in [2.75, 3.05) is 0 Å². The molecule has 2 N–H and O–H groups in total. The molecule has 0 fully saturated rings. The average Bonchev–Trinajstić information content (AvgIpc) is 1.93. The van der Waals surface area contributed by atoms with Gasteiger partial charge in [-0.1, -0.05) is 23.2 Å². The quantitative estimate of drug-likeness (QED) is 0.603. The molecule has 0 bridgehead atoms. The lowest BCUT2D eigenvalue weighted by molar-refractivity contribution is 0.316. The maximum absolute atomic E-state index is 8.97. The van der Waals surface area contributed by atoms with Gasteiger partial charge in [-0.25, -0.2) is 0 Å². The fraction of sp³-hybridized carbons (Fsp3) is 0.333. The molecule has 0 aromatic carbocycles. The van der Waals surface area contributed by atoms with E-state index in [0.717, 1.165) is 0 Å². The molecular formula is C6H6Cl2O2. The zero-order valence-electron chi connectivity index (χ0n) is 5.06. The first-order chi connectivity index (χ1) is 4.63. The highest BCUT2D eigenvalue weighted by atomic mass is 35.5. The van der Waals surface area contributed by atoms with Gasteiger partial charge in [0.15, 0.2) is 11.5 Å². The number of aliphatic hydroxyl groups excluding tert-OH is 2. The fourth-order valence-corrected chi connectivity index (χ4v) is 1.08. The van der Waals surface area contributed by atoms with E-state index in [4.69, 9.17) is 33.4 Å². The SMILES string of the molecule is OC1=C(Cl)CCC(Cl)=C1O. The van der Waals surface area contributed by atoms with Gasteiger partial charge in [-0.15, -0.1) is 0 Å². The minimum Gasteiger partial charge on any atom is -0.503 e. The topological polar surface area (TPSA) is 40.5 Å². The summed E-state index contributed by atoms with van der Waals surface area (Å²) in [5.41, 5.74) is 0. The van der Waals surface area contributed by atoms with Gasteiger partial charge in [0.25, 0.3) is 0 Å². The predicted molar refractivity (Wildman–Crippen MR) is 40.2 cm³/mol. The Kier molecular flexibility index (Phi) is 2.11. The summed E-state index contributed by atoms with van der Waals surface area (Å²) in [6.45, 7) is 0. The van der Waals surface area contributed by atoms with Gasteiger partial charge in [-0.05, 0) is 12.8 Å². The Morgan fingerprint density at radius 1 is 0.900 bits per heavy atom. The van der Waals surface area contributed by atoms with Gasteiger partial charge in [0, 0.05) is 0 Å². The molecule has 0 aromatic heterocycles. The highest BCUT2D eigenvalue weighted by Gasteiger charge is 2.17. The van der Waals surface area contributed by atoms with Crippen molar-refractivity contribution in [3.63, 3.8) is 0 Å². The molecule has 0 saturated carbocycles. The molecule has 1 aliphatic carbocycles. The van der Waals surface area contributed by atoms with Crippen LogP contribution in [0.5, 0.6) is 0 Å².